The number of carbonyl (C=O) groups is 1. The van der Waals surface area contributed by atoms with Crippen molar-refractivity contribution in [1.82, 2.24) is 5.32 Å². The van der Waals surface area contributed by atoms with E-state index in [1.54, 1.807) is 11.8 Å². The number of hydrogen-bond donors (Lipinski definition) is 2. The van der Waals surface area contributed by atoms with Crippen LogP contribution in [0.5, 0.6) is 0 Å². The molecule has 0 aromatic heterocycles. The molecule has 0 aliphatic carbocycles. The highest BCUT2D eigenvalue weighted by atomic mass is 35.5. The summed E-state index contributed by atoms with van der Waals surface area (Å²) < 4.78 is 5.73. The highest BCUT2D eigenvalue weighted by Gasteiger charge is 2.16. The van der Waals surface area contributed by atoms with Gasteiger partial charge in [0.25, 0.3) is 5.91 Å². The summed E-state index contributed by atoms with van der Waals surface area (Å²) in [4.78, 5) is 13.4. The number of morpholine rings is 1. The lowest BCUT2D eigenvalue weighted by Gasteiger charge is -2.24. The Hall–Kier alpha value is -1.53. The molecule has 6 heteroatoms. The van der Waals surface area contributed by atoms with Gasteiger partial charge in [-0.05, 0) is 36.1 Å². The summed E-state index contributed by atoms with van der Waals surface area (Å²) in [5, 5.41) is 6.27. The molecule has 1 aliphatic rings. The number of rotatable bonds is 4. The molecule has 1 heterocycles. The van der Waals surface area contributed by atoms with E-state index >= 15 is 0 Å². The SMILES string of the molecule is CSc1ccccc1C(=O)Nc1ccc([C@H]2CNCCO2)cc1.Cl. The molecule has 128 valence electrons. The third-order valence-electron chi connectivity index (χ3n) is 3.82. The fraction of sp³-hybridized carbons (Fsp3) is 0.278. The second kappa shape index (κ2) is 9.08. The number of halogens is 1. The number of nitrogens with one attached hydrogen (secondary N) is 2. The summed E-state index contributed by atoms with van der Waals surface area (Å²) in [6.45, 7) is 2.46. The Morgan fingerprint density at radius 3 is 2.62 bits per heavy atom. The van der Waals surface area contributed by atoms with Gasteiger partial charge in [-0.1, -0.05) is 24.3 Å². The molecule has 1 aliphatic heterocycles. The van der Waals surface area contributed by atoms with Gasteiger partial charge in [-0.25, -0.2) is 0 Å². The summed E-state index contributed by atoms with van der Waals surface area (Å²) in [6, 6.07) is 15.5. The number of benzene rings is 2. The number of hydrogen-bond acceptors (Lipinski definition) is 4. The molecule has 1 saturated heterocycles. The van der Waals surface area contributed by atoms with Crippen LogP contribution in [-0.4, -0.2) is 31.9 Å². The second-order valence-electron chi connectivity index (χ2n) is 5.34. The lowest BCUT2D eigenvalue weighted by atomic mass is 10.1. The monoisotopic (exact) mass is 364 g/mol. The van der Waals surface area contributed by atoms with Crippen molar-refractivity contribution in [3.8, 4) is 0 Å². The number of amides is 1. The third-order valence-corrected chi connectivity index (χ3v) is 4.62. The Morgan fingerprint density at radius 2 is 1.96 bits per heavy atom. The predicted octanol–water partition coefficient (Wildman–Crippen LogP) is 3.74. The van der Waals surface area contributed by atoms with Crippen molar-refractivity contribution in [2.45, 2.75) is 11.0 Å². The zero-order chi connectivity index (χ0) is 16.1. The molecular weight excluding hydrogens is 344 g/mol. The van der Waals surface area contributed by atoms with Gasteiger partial charge in [0.2, 0.25) is 0 Å². The zero-order valence-corrected chi connectivity index (χ0v) is 15.1. The molecule has 3 rings (SSSR count). The highest BCUT2D eigenvalue weighted by Crippen LogP contribution is 2.23. The maximum absolute atomic E-state index is 12.4. The molecule has 0 unspecified atom stereocenters. The van der Waals surface area contributed by atoms with Crippen molar-refractivity contribution in [3.63, 3.8) is 0 Å². The Labute approximate surface area is 152 Å². The van der Waals surface area contributed by atoms with Crippen LogP contribution in [0, 0.1) is 0 Å². The minimum absolute atomic E-state index is 0. The van der Waals surface area contributed by atoms with Gasteiger partial charge in [0, 0.05) is 23.7 Å². The Kier molecular flexibility index (Phi) is 7.12. The summed E-state index contributed by atoms with van der Waals surface area (Å²) in [5.41, 5.74) is 2.61. The van der Waals surface area contributed by atoms with E-state index in [-0.39, 0.29) is 24.4 Å². The van der Waals surface area contributed by atoms with E-state index in [9.17, 15) is 4.79 Å². The van der Waals surface area contributed by atoms with E-state index < -0.39 is 0 Å². The van der Waals surface area contributed by atoms with Crippen molar-refractivity contribution in [2.75, 3.05) is 31.3 Å². The molecule has 2 aromatic carbocycles. The summed E-state index contributed by atoms with van der Waals surface area (Å²) in [6.07, 6.45) is 2.06. The summed E-state index contributed by atoms with van der Waals surface area (Å²) >= 11 is 1.57. The van der Waals surface area contributed by atoms with E-state index in [1.165, 1.54) is 0 Å². The van der Waals surface area contributed by atoms with Crippen LogP contribution >= 0.6 is 24.2 Å². The van der Waals surface area contributed by atoms with Crippen LogP contribution < -0.4 is 10.6 Å². The van der Waals surface area contributed by atoms with Crippen molar-refractivity contribution < 1.29 is 9.53 Å². The van der Waals surface area contributed by atoms with Gasteiger partial charge in [-0.3, -0.25) is 4.79 Å². The van der Waals surface area contributed by atoms with Gasteiger partial charge in [0.1, 0.15) is 0 Å². The first-order chi connectivity index (χ1) is 11.3. The smallest absolute Gasteiger partial charge is 0.256 e. The molecule has 0 bridgehead atoms. The fourth-order valence-corrected chi connectivity index (χ4v) is 3.19. The fourth-order valence-electron chi connectivity index (χ4n) is 2.59. The minimum Gasteiger partial charge on any atom is -0.371 e. The zero-order valence-electron chi connectivity index (χ0n) is 13.5. The van der Waals surface area contributed by atoms with Crippen molar-refractivity contribution in [3.05, 3.63) is 59.7 Å². The first-order valence-corrected chi connectivity index (χ1v) is 8.87. The number of thioether (sulfide) groups is 1. The van der Waals surface area contributed by atoms with E-state index in [4.69, 9.17) is 4.74 Å². The van der Waals surface area contributed by atoms with Crippen LogP contribution in [0.3, 0.4) is 0 Å². The number of ether oxygens (including phenoxy) is 1. The molecule has 0 radical (unpaired) electrons. The average Bonchev–Trinajstić information content (AvgIpc) is 2.63. The second-order valence-corrected chi connectivity index (χ2v) is 6.19. The number of carbonyl (C=O) groups excluding carboxylic acids is 1. The van der Waals surface area contributed by atoms with Gasteiger partial charge in [-0.2, -0.15) is 0 Å². The molecule has 4 nitrogen and oxygen atoms in total. The van der Waals surface area contributed by atoms with Crippen LogP contribution in [0.25, 0.3) is 0 Å². The quantitative estimate of drug-likeness (QED) is 0.811. The topological polar surface area (TPSA) is 50.4 Å². The summed E-state index contributed by atoms with van der Waals surface area (Å²) in [7, 11) is 0. The average molecular weight is 365 g/mol. The first kappa shape index (κ1) is 18.8. The van der Waals surface area contributed by atoms with E-state index in [0.29, 0.717) is 5.56 Å². The molecule has 0 spiro atoms. The van der Waals surface area contributed by atoms with E-state index in [2.05, 4.69) is 10.6 Å². The van der Waals surface area contributed by atoms with Crippen LogP contribution in [-0.2, 0) is 4.74 Å². The lowest BCUT2D eigenvalue weighted by Crippen LogP contribution is -2.33. The van der Waals surface area contributed by atoms with Gasteiger partial charge in [0.15, 0.2) is 0 Å². The molecular formula is C18H21ClN2O2S. The maximum Gasteiger partial charge on any atom is 0.256 e. The Bertz CT molecular complexity index is 673. The molecule has 1 fully saturated rings. The molecule has 1 amide bonds. The van der Waals surface area contributed by atoms with E-state index in [1.807, 2.05) is 54.8 Å². The maximum atomic E-state index is 12.4. The predicted molar refractivity (Wildman–Crippen MR) is 101 cm³/mol. The Balaban J connectivity index is 0.00000208. The standard InChI is InChI=1S/C18H20N2O2S.ClH/c1-23-17-5-3-2-4-15(17)18(21)20-14-8-6-13(7-9-14)16-12-19-10-11-22-16;/h2-9,16,19H,10-12H2,1H3,(H,20,21);1H/t16-;/m1./s1. The molecule has 1 atom stereocenters. The van der Waals surface area contributed by atoms with Gasteiger partial charge >= 0.3 is 0 Å². The molecule has 2 aromatic rings. The van der Waals surface area contributed by atoms with Crippen LogP contribution in [0.15, 0.2) is 53.4 Å². The van der Waals surface area contributed by atoms with E-state index in [0.717, 1.165) is 35.8 Å². The van der Waals surface area contributed by atoms with Gasteiger partial charge in [-0.15, -0.1) is 24.2 Å². The van der Waals surface area contributed by atoms with Crippen molar-refractivity contribution >= 4 is 35.8 Å². The van der Waals surface area contributed by atoms with Crippen LogP contribution in [0.4, 0.5) is 5.69 Å². The minimum atomic E-state index is -0.0849. The first-order valence-electron chi connectivity index (χ1n) is 7.64. The van der Waals surface area contributed by atoms with Crippen LogP contribution in [0.2, 0.25) is 0 Å². The van der Waals surface area contributed by atoms with Crippen molar-refractivity contribution in [1.29, 1.82) is 0 Å². The highest BCUT2D eigenvalue weighted by molar-refractivity contribution is 7.98. The molecule has 2 N–H and O–H groups in total. The third kappa shape index (κ3) is 4.51. The molecule has 0 saturated carbocycles. The molecule has 24 heavy (non-hydrogen) atoms. The van der Waals surface area contributed by atoms with Gasteiger partial charge in [0.05, 0.1) is 18.3 Å². The van der Waals surface area contributed by atoms with Gasteiger partial charge < -0.3 is 15.4 Å². The lowest BCUT2D eigenvalue weighted by molar-refractivity contribution is 0.0277. The van der Waals surface area contributed by atoms with Crippen LogP contribution in [0.1, 0.15) is 22.0 Å². The Morgan fingerprint density at radius 1 is 1.21 bits per heavy atom. The number of anilines is 1. The largest absolute Gasteiger partial charge is 0.371 e. The van der Waals surface area contributed by atoms with Crippen molar-refractivity contribution in [2.24, 2.45) is 0 Å². The summed E-state index contributed by atoms with van der Waals surface area (Å²) in [5.74, 6) is -0.0849. The normalized spacial score (nSPS) is 17.0.